The van der Waals surface area contributed by atoms with Crippen molar-refractivity contribution < 1.29 is 0 Å². The fourth-order valence-corrected chi connectivity index (χ4v) is 4.17. The zero-order valence-electron chi connectivity index (χ0n) is 13.0. The van der Waals surface area contributed by atoms with Crippen LogP contribution in [-0.2, 0) is 6.42 Å². The predicted octanol–water partition coefficient (Wildman–Crippen LogP) is 2.85. The molecule has 20 heavy (non-hydrogen) atoms. The van der Waals surface area contributed by atoms with Crippen LogP contribution in [0.1, 0.15) is 43.8 Å². The van der Waals surface area contributed by atoms with Crippen molar-refractivity contribution in [2.45, 2.75) is 58.0 Å². The first-order chi connectivity index (χ1) is 9.60. The van der Waals surface area contributed by atoms with Crippen molar-refractivity contribution in [3.63, 3.8) is 0 Å². The van der Waals surface area contributed by atoms with Crippen molar-refractivity contribution in [3.8, 4) is 0 Å². The summed E-state index contributed by atoms with van der Waals surface area (Å²) in [4.78, 5) is 7.32. The van der Waals surface area contributed by atoms with E-state index in [0.717, 1.165) is 25.4 Å². The van der Waals surface area contributed by atoms with Gasteiger partial charge in [-0.25, -0.2) is 4.98 Å². The molecule has 112 valence electrons. The van der Waals surface area contributed by atoms with Gasteiger partial charge in [-0.15, -0.1) is 11.3 Å². The average Bonchev–Trinajstić information content (AvgIpc) is 3.21. The van der Waals surface area contributed by atoms with Crippen molar-refractivity contribution in [1.29, 1.82) is 0 Å². The van der Waals surface area contributed by atoms with Crippen LogP contribution in [-0.4, -0.2) is 41.1 Å². The van der Waals surface area contributed by atoms with Gasteiger partial charge >= 0.3 is 0 Å². The SMILES string of the molecule is CCC1CNC(C)(C2CC2)CN1CCc1csc(C)n1. The maximum absolute atomic E-state index is 4.61. The fraction of sp³-hybridized carbons (Fsp3) is 0.812. The van der Waals surface area contributed by atoms with Crippen molar-refractivity contribution in [1.82, 2.24) is 15.2 Å². The number of aryl methyl sites for hydroxylation is 1. The van der Waals surface area contributed by atoms with Crippen molar-refractivity contribution >= 4 is 11.3 Å². The third-order valence-corrected chi connectivity index (χ3v) is 5.88. The molecule has 1 aromatic rings. The third-order valence-electron chi connectivity index (χ3n) is 5.06. The van der Waals surface area contributed by atoms with Gasteiger partial charge in [-0.1, -0.05) is 6.92 Å². The molecule has 1 aliphatic heterocycles. The molecule has 1 saturated heterocycles. The number of thiazole rings is 1. The molecular weight excluding hydrogens is 266 g/mol. The first-order valence-electron chi connectivity index (χ1n) is 8.01. The molecule has 0 spiro atoms. The van der Waals surface area contributed by atoms with Crippen LogP contribution in [0.4, 0.5) is 0 Å². The maximum atomic E-state index is 4.61. The van der Waals surface area contributed by atoms with Gasteiger partial charge < -0.3 is 5.32 Å². The Morgan fingerprint density at radius 2 is 2.30 bits per heavy atom. The summed E-state index contributed by atoms with van der Waals surface area (Å²) < 4.78 is 0. The van der Waals surface area contributed by atoms with E-state index in [4.69, 9.17) is 0 Å². The summed E-state index contributed by atoms with van der Waals surface area (Å²) in [5.74, 6) is 0.907. The van der Waals surface area contributed by atoms with Gasteiger partial charge in [0.05, 0.1) is 10.7 Å². The minimum Gasteiger partial charge on any atom is -0.308 e. The Morgan fingerprint density at radius 3 is 2.90 bits per heavy atom. The number of aromatic nitrogens is 1. The summed E-state index contributed by atoms with van der Waals surface area (Å²) in [5, 5.41) is 7.25. The Kier molecular flexibility index (Phi) is 4.16. The summed E-state index contributed by atoms with van der Waals surface area (Å²) in [6.07, 6.45) is 5.17. The average molecular weight is 293 g/mol. The molecule has 2 aliphatic rings. The van der Waals surface area contributed by atoms with E-state index >= 15 is 0 Å². The minimum absolute atomic E-state index is 0.351. The molecule has 1 aromatic heterocycles. The lowest BCUT2D eigenvalue weighted by atomic mass is 9.90. The van der Waals surface area contributed by atoms with E-state index < -0.39 is 0 Å². The smallest absolute Gasteiger partial charge is 0.0897 e. The van der Waals surface area contributed by atoms with Crippen molar-refractivity contribution in [2.75, 3.05) is 19.6 Å². The molecule has 0 bridgehead atoms. The van der Waals surface area contributed by atoms with Crippen LogP contribution < -0.4 is 5.32 Å². The lowest BCUT2D eigenvalue weighted by Crippen LogP contribution is -2.64. The highest BCUT2D eigenvalue weighted by atomic mass is 32.1. The monoisotopic (exact) mass is 293 g/mol. The fourth-order valence-electron chi connectivity index (χ4n) is 3.53. The number of hydrogen-bond acceptors (Lipinski definition) is 4. The normalized spacial score (nSPS) is 31.6. The Balaban J connectivity index is 1.61. The van der Waals surface area contributed by atoms with Crippen molar-refractivity contribution in [3.05, 3.63) is 16.1 Å². The molecule has 2 atom stereocenters. The second-order valence-electron chi connectivity index (χ2n) is 6.71. The van der Waals surface area contributed by atoms with E-state index in [1.165, 1.54) is 36.5 Å². The van der Waals surface area contributed by atoms with Crippen LogP contribution in [0.15, 0.2) is 5.38 Å². The maximum Gasteiger partial charge on any atom is 0.0897 e. The highest BCUT2D eigenvalue weighted by molar-refractivity contribution is 7.09. The van der Waals surface area contributed by atoms with Crippen LogP contribution in [0.2, 0.25) is 0 Å². The molecule has 4 heteroatoms. The van der Waals surface area contributed by atoms with Crippen LogP contribution >= 0.6 is 11.3 Å². The first kappa shape index (κ1) is 14.5. The van der Waals surface area contributed by atoms with Gasteiger partial charge in [0, 0.05) is 43.0 Å². The van der Waals surface area contributed by atoms with E-state index in [0.29, 0.717) is 11.6 Å². The number of nitrogens with zero attached hydrogens (tertiary/aromatic N) is 2. The van der Waals surface area contributed by atoms with E-state index in [1.54, 1.807) is 11.3 Å². The number of rotatable bonds is 5. The zero-order chi connectivity index (χ0) is 14.2. The number of nitrogens with one attached hydrogen (secondary N) is 1. The van der Waals surface area contributed by atoms with E-state index in [2.05, 4.69) is 41.4 Å². The molecular formula is C16H27N3S. The van der Waals surface area contributed by atoms with Gasteiger partial charge in [0.2, 0.25) is 0 Å². The molecule has 2 unspecified atom stereocenters. The summed E-state index contributed by atoms with van der Waals surface area (Å²) in [6, 6.07) is 0.696. The Hall–Kier alpha value is -0.450. The molecule has 0 radical (unpaired) electrons. The van der Waals surface area contributed by atoms with E-state index in [9.17, 15) is 0 Å². The topological polar surface area (TPSA) is 28.2 Å². The first-order valence-corrected chi connectivity index (χ1v) is 8.89. The molecule has 1 saturated carbocycles. The second kappa shape index (κ2) is 5.74. The molecule has 1 N–H and O–H groups in total. The second-order valence-corrected chi connectivity index (χ2v) is 7.78. The molecule has 2 fully saturated rings. The molecule has 0 aromatic carbocycles. The summed E-state index contributed by atoms with van der Waals surface area (Å²) >= 11 is 1.77. The lowest BCUT2D eigenvalue weighted by Gasteiger charge is -2.46. The molecule has 3 nitrogen and oxygen atoms in total. The van der Waals surface area contributed by atoms with Gasteiger partial charge in [0.1, 0.15) is 0 Å². The third kappa shape index (κ3) is 3.07. The van der Waals surface area contributed by atoms with Gasteiger partial charge in [0.25, 0.3) is 0 Å². The highest BCUT2D eigenvalue weighted by Gasteiger charge is 2.45. The zero-order valence-corrected chi connectivity index (χ0v) is 13.8. The highest BCUT2D eigenvalue weighted by Crippen LogP contribution is 2.41. The molecule has 2 heterocycles. The van der Waals surface area contributed by atoms with E-state index in [-0.39, 0.29) is 0 Å². The summed E-state index contributed by atoms with van der Waals surface area (Å²) in [6.45, 7) is 10.4. The number of hydrogen-bond donors (Lipinski definition) is 1. The van der Waals surface area contributed by atoms with Gasteiger partial charge in [-0.05, 0) is 39.0 Å². The van der Waals surface area contributed by atoms with Crippen LogP contribution in [0, 0.1) is 12.8 Å². The number of piperazine rings is 1. The van der Waals surface area contributed by atoms with Gasteiger partial charge in [0.15, 0.2) is 0 Å². The summed E-state index contributed by atoms with van der Waals surface area (Å²) in [5.41, 5.74) is 1.62. The summed E-state index contributed by atoms with van der Waals surface area (Å²) in [7, 11) is 0. The minimum atomic E-state index is 0.351. The Morgan fingerprint density at radius 1 is 1.50 bits per heavy atom. The standard InChI is InChI=1S/C16H27N3S/c1-4-15-9-17-16(3,13-5-6-13)11-19(15)8-7-14-10-20-12(2)18-14/h10,13,15,17H,4-9,11H2,1-3H3. The molecule has 1 aliphatic carbocycles. The van der Waals surface area contributed by atoms with Crippen molar-refractivity contribution in [2.24, 2.45) is 5.92 Å². The lowest BCUT2D eigenvalue weighted by molar-refractivity contribution is 0.0738. The Labute approximate surface area is 126 Å². The van der Waals surface area contributed by atoms with Gasteiger partial charge in [-0.2, -0.15) is 0 Å². The van der Waals surface area contributed by atoms with E-state index in [1.807, 2.05) is 0 Å². The predicted molar refractivity (Wildman–Crippen MR) is 85.3 cm³/mol. The largest absolute Gasteiger partial charge is 0.308 e. The quantitative estimate of drug-likeness (QED) is 0.905. The molecule has 3 rings (SSSR count). The van der Waals surface area contributed by atoms with Crippen LogP contribution in [0.5, 0.6) is 0 Å². The van der Waals surface area contributed by atoms with Gasteiger partial charge in [-0.3, -0.25) is 4.90 Å². The van der Waals surface area contributed by atoms with Crippen LogP contribution in [0.25, 0.3) is 0 Å². The Bertz CT molecular complexity index is 454. The van der Waals surface area contributed by atoms with Crippen LogP contribution in [0.3, 0.4) is 0 Å². The molecule has 0 amide bonds.